The van der Waals surface area contributed by atoms with Crippen molar-refractivity contribution in [1.82, 2.24) is 0 Å². The molecule has 170 valence electrons. The standard InChI is InChI=1S/C26H35FO3S/c1-17-8-11-23-22-10-9-18-16-26(28,15-13-20(18)21(22)12-14-25(17,23)2)24(27)31(29,30)19-6-4-3-5-7-19/h3-7,18,20-24,28H,1,8-16H2,2H3/t18-,20-,21+,22+,23-,24?,25+,26-/m0/s1. The fraction of sp³-hybridized carbons (Fsp3) is 0.692. The minimum atomic E-state index is -4.21. The molecule has 0 saturated heterocycles. The number of sulfone groups is 1. The Balaban J connectivity index is 1.34. The number of benzene rings is 1. The van der Waals surface area contributed by atoms with E-state index in [0.29, 0.717) is 23.7 Å². The molecule has 5 rings (SSSR count). The second-order valence-electron chi connectivity index (χ2n) is 11.1. The van der Waals surface area contributed by atoms with E-state index in [2.05, 4.69) is 13.5 Å². The van der Waals surface area contributed by atoms with Gasteiger partial charge in [0.1, 0.15) is 5.60 Å². The second-order valence-corrected chi connectivity index (χ2v) is 13.0. The summed E-state index contributed by atoms with van der Waals surface area (Å²) in [5, 5.41) is 11.2. The van der Waals surface area contributed by atoms with Gasteiger partial charge in [-0.15, -0.1) is 0 Å². The number of hydrogen-bond donors (Lipinski definition) is 1. The van der Waals surface area contributed by atoms with E-state index in [-0.39, 0.29) is 29.1 Å². The van der Waals surface area contributed by atoms with E-state index in [1.54, 1.807) is 18.2 Å². The molecular formula is C26H35FO3S. The Morgan fingerprint density at radius 3 is 2.48 bits per heavy atom. The highest BCUT2D eigenvalue weighted by Crippen LogP contribution is 2.64. The Hall–Kier alpha value is -1.20. The predicted molar refractivity (Wildman–Crippen MR) is 120 cm³/mol. The molecule has 3 nitrogen and oxygen atoms in total. The molecule has 0 amide bonds. The first kappa shape index (κ1) is 21.6. The van der Waals surface area contributed by atoms with Crippen LogP contribution in [0, 0.1) is 35.0 Å². The summed E-state index contributed by atoms with van der Waals surface area (Å²) in [5.74, 6) is 2.77. The highest BCUT2D eigenvalue weighted by atomic mass is 32.2. The highest BCUT2D eigenvalue weighted by molar-refractivity contribution is 7.92. The van der Waals surface area contributed by atoms with Crippen LogP contribution >= 0.6 is 0 Å². The van der Waals surface area contributed by atoms with Crippen molar-refractivity contribution in [2.45, 2.75) is 80.7 Å². The fourth-order valence-corrected chi connectivity index (χ4v) is 9.61. The van der Waals surface area contributed by atoms with Gasteiger partial charge in [-0.05, 0) is 105 Å². The van der Waals surface area contributed by atoms with Gasteiger partial charge < -0.3 is 5.11 Å². The van der Waals surface area contributed by atoms with Gasteiger partial charge in [-0.2, -0.15) is 0 Å². The molecule has 0 heterocycles. The van der Waals surface area contributed by atoms with Crippen molar-refractivity contribution in [3.8, 4) is 0 Å². The first-order valence-corrected chi connectivity index (χ1v) is 13.5. The quantitative estimate of drug-likeness (QED) is 0.606. The second kappa shape index (κ2) is 7.41. The lowest BCUT2D eigenvalue weighted by Crippen LogP contribution is -2.54. The summed E-state index contributed by atoms with van der Waals surface area (Å²) >= 11 is 0. The average Bonchev–Trinajstić information content (AvgIpc) is 3.08. The van der Waals surface area contributed by atoms with Gasteiger partial charge in [0.05, 0.1) is 4.90 Å². The van der Waals surface area contributed by atoms with Crippen molar-refractivity contribution < 1.29 is 17.9 Å². The molecule has 4 fully saturated rings. The zero-order valence-corrected chi connectivity index (χ0v) is 19.3. The van der Waals surface area contributed by atoms with E-state index in [9.17, 15) is 13.5 Å². The maximum atomic E-state index is 15.5. The monoisotopic (exact) mass is 446 g/mol. The van der Waals surface area contributed by atoms with Gasteiger partial charge in [-0.3, -0.25) is 0 Å². The third-order valence-corrected chi connectivity index (χ3v) is 11.7. The van der Waals surface area contributed by atoms with E-state index in [0.717, 1.165) is 25.7 Å². The van der Waals surface area contributed by atoms with Crippen molar-refractivity contribution in [1.29, 1.82) is 0 Å². The van der Waals surface area contributed by atoms with Crippen molar-refractivity contribution >= 4 is 9.84 Å². The van der Waals surface area contributed by atoms with Crippen molar-refractivity contribution in [3.05, 3.63) is 42.5 Å². The summed E-state index contributed by atoms with van der Waals surface area (Å²) in [6.45, 7) is 6.80. The smallest absolute Gasteiger partial charge is 0.233 e. The lowest BCUT2D eigenvalue weighted by molar-refractivity contribution is -0.111. The third-order valence-electron chi connectivity index (χ3n) is 9.77. The molecule has 4 aliphatic carbocycles. The number of aliphatic hydroxyl groups is 1. The minimum absolute atomic E-state index is 0.0465. The minimum Gasteiger partial charge on any atom is -0.386 e. The zero-order chi connectivity index (χ0) is 22.0. The lowest BCUT2D eigenvalue weighted by atomic mass is 9.49. The molecule has 0 radical (unpaired) electrons. The lowest BCUT2D eigenvalue weighted by Gasteiger charge is -2.56. The van der Waals surface area contributed by atoms with E-state index in [1.165, 1.54) is 37.0 Å². The SMILES string of the molecule is C=C1CC[C@H]2[C@@H]3CC[C@H]4C[C@](O)(C(F)S(=O)(=O)c5ccccc5)CC[C@@H]4[C@H]3CC[C@]12C. The van der Waals surface area contributed by atoms with Gasteiger partial charge in [0.2, 0.25) is 15.3 Å². The molecule has 0 aromatic heterocycles. The normalized spacial score (nSPS) is 43.6. The van der Waals surface area contributed by atoms with Crippen LogP contribution < -0.4 is 0 Å². The first-order valence-electron chi connectivity index (χ1n) is 12.0. The van der Waals surface area contributed by atoms with Gasteiger partial charge in [-0.25, -0.2) is 12.8 Å². The van der Waals surface area contributed by atoms with Crippen LogP contribution in [0.2, 0.25) is 0 Å². The topological polar surface area (TPSA) is 54.4 Å². The number of alkyl halides is 1. The molecule has 1 aromatic carbocycles. The van der Waals surface area contributed by atoms with Crippen LogP contribution in [0.4, 0.5) is 4.39 Å². The third kappa shape index (κ3) is 3.25. The summed E-state index contributed by atoms with van der Waals surface area (Å²) < 4.78 is 41.2. The van der Waals surface area contributed by atoms with E-state index in [4.69, 9.17) is 0 Å². The summed E-state index contributed by atoms with van der Waals surface area (Å²) in [7, 11) is -4.21. The molecule has 5 heteroatoms. The van der Waals surface area contributed by atoms with Crippen LogP contribution in [0.3, 0.4) is 0 Å². The molecule has 1 aromatic rings. The van der Waals surface area contributed by atoms with Gasteiger partial charge in [0, 0.05) is 0 Å². The number of allylic oxidation sites excluding steroid dienone is 1. The van der Waals surface area contributed by atoms with Gasteiger partial charge in [0.25, 0.3) is 0 Å². The van der Waals surface area contributed by atoms with Crippen LogP contribution in [0.15, 0.2) is 47.4 Å². The highest BCUT2D eigenvalue weighted by Gasteiger charge is 2.58. The number of hydrogen-bond acceptors (Lipinski definition) is 3. The van der Waals surface area contributed by atoms with Crippen LogP contribution in [-0.4, -0.2) is 24.6 Å². The first-order chi connectivity index (χ1) is 14.7. The van der Waals surface area contributed by atoms with Crippen molar-refractivity contribution in [3.63, 3.8) is 0 Å². The Morgan fingerprint density at radius 2 is 1.74 bits per heavy atom. The van der Waals surface area contributed by atoms with E-state index < -0.39 is 20.9 Å². The van der Waals surface area contributed by atoms with Gasteiger partial charge >= 0.3 is 0 Å². The largest absolute Gasteiger partial charge is 0.386 e. The predicted octanol–water partition coefficient (Wildman–Crippen LogP) is 5.70. The molecule has 0 aliphatic heterocycles. The molecular weight excluding hydrogens is 411 g/mol. The molecule has 1 unspecified atom stereocenters. The molecule has 1 N–H and O–H groups in total. The van der Waals surface area contributed by atoms with Crippen molar-refractivity contribution in [2.24, 2.45) is 35.0 Å². The van der Waals surface area contributed by atoms with Crippen LogP contribution in [-0.2, 0) is 9.84 Å². The summed E-state index contributed by atoms with van der Waals surface area (Å²) in [4.78, 5) is -0.0465. The average molecular weight is 447 g/mol. The summed E-state index contributed by atoms with van der Waals surface area (Å²) in [5.41, 5.74) is -2.33. The Bertz CT molecular complexity index is 960. The van der Waals surface area contributed by atoms with E-state index >= 15 is 4.39 Å². The number of halogens is 1. The maximum Gasteiger partial charge on any atom is 0.233 e. The summed E-state index contributed by atoms with van der Waals surface area (Å²) in [6, 6.07) is 7.72. The van der Waals surface area contributed by atoms with Crippen LogP contribution in [0.1, 0.15) is 64.7 Å². The molecule has 31 heavy (non-hydrogen) atoms. The Kier molecular flexibility index (Phi) is 5.17. The van der Waals surface area contributed by atoms with Gasteiger partial charge in [0.15, 0.2) is 0 Å². The Labute approximate surface area is 186 Å². The zero-order valence-electron chi connectivity index (χ0n) is 18.5. The molecule has 4 aliphatic rings. The molecule has 0 bridgehead atoms. The van der Waals surface area contributed by atoms with Crippen molar-refractivity contribution in [2.75, 3.05) is 0 Å². The maximum absolute atomic E-state index is 15.5. The molecule has 8 atom stereocenters. The van der Waals surface area contributed by atoms with Crippen LogP contribution in [0.5, 0.6) is 0 Å². The summed E-state index contributed by atoms with van der Waals surface area (Å²) in [6.07, 6.45) is 8.12. The molecule has 4 saturated carbocycles. The van der Waals surface area contributed by atoms with E-state index in [1.807, 2.05) is 0 Å². The molecule has 0 spiro atoms. The Morgan fingerprint density at radius 1 is 1.03 bits per heavy atom. The van der Waals surface area contributed by atoms with Crippen LogP contribution in [0.25, 0.3) is 0 Å². The van der Waals surface area contributed by atoms with Gasteiger partial charge in [-0.1, -0.05) is 37.3 Å². The number of fused-ring (bicyclic) bond motifs is 5. The fourth-order valence-electron chi connectivity index (χ4n) is 8.04. The number of rotatable bonds is 3.